The monoisotopic (exact) mass is 315 g/mol. The second kappa shape index (κ2) is 10.0. The van der Waals surface area contributed by atoms with Crippen molar-refractivity contribution < 1.29 is 14.6 Å². The molecule has 1 aromatic rings. The summed E-state index contributed by atoms with van der Waals surface area (Å²) < 4.78 is 10.6. The lowest BCUT2D eigenvalue weighted by Gasteiger charge is -2.15. The van der Waals surface area contributed by atoms with Crippen LogP contribution in [0, 0.1) is 0 Å². The highest BCUT2D eigenvalue weighted by molar-refractivity contribution is 6.20. The number of hydrogen-bond donors (Lipinski definition) is 2. The lowest BCUT2D eigenvalue weighted by Crippen LogP contribution is -2.35. The Morgan fingerprint density at radius 1 is 1.19 bits per heavy atom. The van der Waals surface area contributed by atoms with Gasteiger partial charge in [0.15, 0.2) is 0 Å². The maximum Gasteiger partial charge on any atom is 0.119 e. The van der Waals surface area contributed by atoms with Gasteiger partial charge in [0.2, 0.25) is 0 Å². The van der Waals surface area contributed by atoms with Crippen LogP contribution in [0.1, 0.15) is 19.4 Å². The molecule has 0 aliphatic heterocycles. The summed E-state index contributed by atoms with van der Waals surface area (Å²) in [5, 5.41) is 12.9. The highest BCUT2D eigenvalue weighted by Gasteiger charge is 2.07. The number of methoxy groups -OCH3 is 1. The van der Waals surface area contributed by atoms with Gasteiger partial charge in [-0.2, -0.15) is 0 Å². The third-order valence-electron chi connectivity index (χ3n) is 2.93. The van der Waals surface area contributed by atoms with Crippen LogP contribution >= 0.6 is 11.6 Å². The summed E-state index contributed by atoms with van der Waals surface area (Å²) in [6.07, 6.45) is 0.248. The Hall–Kier alpha value is -0.810. The number of halogens is 1. The van der Waals surface area contributed by atoms with E-state index in [4.69, 9.17) is 21.1 Å². The number of hydrogen-bond acceptors (Lipinski definition) is 4. The van der Waals surface area contributed by atoms with E-state index >= 15 is 0 Å². The first kappa shape index (κ1) is 18.2. The molecule has 2 unspecified atom stereocenters. The van der Waals surface area contributed by atoms with Gasteiger partial charge in [-0.15, -0.1) is 11.6 Å². The van der Waals surface area contributed by atoms with Gasteiger partial charge >= 0.3 is 0 Å². The number of aliphatic hydroxyl groups excluding tert-OH is 1. The SMILES string of the molecule is COCC(Cl)Cc1ccc(OCC(O)CNC(C)C)cc1. The molecule has 4 nitrogen and oxygen atoms in total. The first-order chi connectivity index (χ1) is 10.0. The van der Waals surface area contributed by atoms with E-state index in [1.807, 2.05) is 38.1 Å². The Labute approximate surface area is 132 Å². The average molecular weight is 316 g/mol. The second-order valence-electron chi connectivity index (χ2n) is 5.43. The van der Waals surface area contributed by atoms with Crippen LogP contribution in [0.15, 0.2) is 24.3 Å². The Balaban J connectivity index is 2.33. The highest BCUT2D eigenvalue weighted by atomic mass is 35.5. The molecule has 5 heteroatoms. The molecule has 0 aromatic heterocycles. The molecule has 0 bridgehead atoms. The average Bonchev–Trinajstić information content (AvgIpc) is 2.44. The fourth-order valence-electron chi connectivity index (χ4n) is 1.84. The Morgan fingerprint density at radius 2 is 1.86 bits per heavy atom. The molecule has 0 heterocycles. The van der Waals surface area contributed by atoms with Crippen molar-refractivity contribution in [1.29, 1.82) is 0 Å². The van der Waals surface area contributed by atoms with Crippen LogP contribution in [0.2, 0.25) is 0 Å². The Bertz CT molecular complexity index is 384. The summed E-state index contributed by atoms with van der Waals surface area (Å²) in [7, 11) is 1.64. The summed E-state index contributed by atoms with van der Waals surface area (Å²) in [6.45, 7) is 5.43. The van der Waals surface area contributed by atoms with E-state index in [9.17, 15) is 5.11 Å². The predicted molar refractivity (Wildman–Crippen MR) is 86.3 cm³/mol. The van der Waals surface area contributed by atoms with E-state index in [1.54, 1.807) is 7.11 Å². The molecule has 0 aliphatic carbocycles. The van der Waals surface area contributed by atoms with Gasteiger partial charge in [-0.3, -0.25) is 0 Å². The third-order valence-corrected chi connectivity index (χ3v) is 3.21. The number of alkyl halides is 1. The second-order valence-corrected chi connectivity index (χ2v) is 6.05. The minimum absolute atomic E-state index is 0.0225. The molecule has 0 aliphatic rings. The molecule has 2 atom stereocenters. The van der Waals surface area contributed by atoms with Gasteiger partial charge < -0.3 is 19.9 Å². The zero-order valence-electron chi connectivity index (χ0n) is 13.0. The molecule has 0 radical (unpaired) electrons. The molecule has 0 amide bonds. The first-order valence-electron chi connectivity index (χ1n) is 7.27. The summed E-state index contributed by atoms with van der Waals surface area (Å²) in [5.74, 6) is 0.750. The number of nitrogens with one attached hydrogen (secondary N) is 1. The van der Waals surface area contributed by atoms with E-state index in [2.05, 4.69) is 5.32 Å². The molecule has 2 N–H and O–H groups in total. The maximum absolute atomic E-state index is 9.77. The maximum atomic E-state index is 9.77. The Morgan fingerprint density at radius 3 is 2.43 bits per heavy atom. The molecule has 120 valence electrons. The molecule has 0 saturated heterocycles. The zero-order valence-corrected chi connectivity index (χ0v) is 13.8. The van der Waals surface area contributed by atoms with Crippen LogP contribution in [0.25, 0.3) is 0 Å². The van der Waals surface area contributed by atoms with Crippen LogP contribution < -0.4 is 10.1 Å². The zero-order chi connectivity index (χ0) is 15.7. The van der Waals surface area contributed by atoms with Crippen LogP contribution in [0.3, 0.4) is 0 Å². The van der Waals surface area contributed by atoms with Crippen molar-refractivity contribution >= 4 is 11.6 Å². The van der Waals surface area contributed by atoms with Crippen molar-refractivity contribution in [1.82, 2.24) is 5.32 Å². The molecule has 0 spiro atoms. The lowest BCUT2D eigenvalue weighted by atomic mass is 10.1. The molecule has 0 saturated carbocycles. The first-order valence-corrected chi connectivity index (χ1v) is 7.71. The largest absolute Gasteiger partial charge is 0.491 e. The van der Waals surface area contributed by atoms with Crippen LogP contribution in [-0.2, 0) is 11.2 Å². The predicted octanol–water partition coefficient (Wildman–Crippen LogP) is 2.22. The van der Waals surface area contributed by atoms with Crippen molar-refractivity contribution in [3.63, 3.8) is 0 Å². The number of ether oxygens (including phenoxy) is 2. The van der Waals surface area contributed by atoms with Crippen molar-refractivity contribution in [2.45, 2.75) is 37.8 Å². The van der Waals surface area contributed by atoms with Crippen molar-refractivity contribution in [2.75, 3.05) is 26.9 Å². The highest BCUT2D eigenvalue weighted by Crippen LogP contribution is 2.15. The van der Waals surface area contributed by atoms with Crippen molar-refractivity contribution in [3.8, 4) is 5.75 Å². The fourth-order valence-corrected chi connectivity index (χ4v) is 2.14. The quantitative estimate of drug-likeness (QED) is 0.650. The fraction of sp³-hybridized carbons (Fsp3) is 0.625. The van der Waals surface area contributed by atoms with Gasteiger partial charge in [-0.25, -0.2) is 0 Å². The lowest BCUT2D eigenvalue weighted by molar-refractivity contribution is 0.104. The summed E-state index contributed by atoms with van der Waals surface area (Å²) in [4.78, 5) is 0. The van der Waals surface area contributed by atoms with Crippen molar-refractivity contribution in [2.24, 2.45) is 0 Å². The third kappa shape index (κ3) is 8.27. The van der Waals surface area contributed by atoms with Gasteiger partial charge in [0.1, 0.15) is 18.5 Å². The van der Waals surface area contributed by atoms with E-state index in [0.717, 1.165) is 17.7 Å². The number of benzene rings is 1. The van der Waals surface area contributed by atoms with Gasteiger partial charge in [-0.05, 0) is 24.1 Å². The Kier molecular flexibility index (Phi) is 8.69. The topological polar surface area (TPSA) is 50.7 Å². The molecular weight excluding hydrogens is 290 g/mol. The minimum Gasteiger partial charge on any atom is -0.491 e. The number of aliphatic hydroxyl groups is 1. The van der Waals surface area contributed by atoms with Crippen molar-refractivity contribution in [3.05, 3.63) is 29.8 Å². The molecular formula is C16H26ClNO3. The number of rotatable bonds is 10. The summed E-state index contributed by atoms with van der Waals surface area (Å²) in [5.41, 5.74) is 1.14. The summed E-state index contributed by atoms with van der Waals surface area (Å²) >= 11 is 6.12. The van der Waals surface area contributed by atoms with Gasteiger partial charge in [-0.1, -0.05) is 26.0 Å². The van der Waals surface area contributed by atoms with Crippen LogP contribution in [-0.4, -0.2) is 49.5 Å². The van der Waals surface area contributed by atoms with Crippen LogP contribution in [0.4, 0.5) is 0 Å². The van der Waals surface area contributed by atoms with Gasteiger partial charge in [0, 0.05) is 19.7 Å². The van der Waals surface area contributed by atoms with Gasteiger partial charge in [0.25, 0.3) is 0 Å². The van der Waals surface area contributed by atoms with E-state index in [0.29, 0.717) is 19.2 Å². The molecule has 1 aromatic carbocycles. The van der Waals surface area contributed by atoms with E-state index in [1.165, 1.54) is 0 Å². The van der Waals surface area contributed by atoms with E-state index in [-0.39, 0.29) is 12.0 Å². The standard InChI is InChI=1S/C16H26ClNO3/c1-12(2)18-9-15(19)11-21-16-6-4-13(5-7-16)8-14(17)10-20-3/h4-7,12,14-15,18-19H,8-11H2,1-3H3. The van der Waals surface area contributed by atoms with E-state index < -0.39 is 6.10 Å². The van der Waals surface area contributed by atoms with Crippen LogP contribution in [0.5, 0.6) is 5.75 Å². The molecule has 0 fully saturated rings. The summed E-state index contributed by atoms with van der Waals surface area (Å²) in [6, 6.07) is 8.12. The van der Waals surface area contributed by atoms with Gasteiger partial charge in [0.05, 0.1) is 12.0 Å². The molecule has 1 rings (SSSR count). The normalized spacial score (nSPS) is 14.2. The minimum atomic E-state index is -0.513. The smallest absolute Gasteiger partial charge is 0.119 e. The molecule has 21 heavy (non-hydrogen) atoms.